The number of nitrogens with zero attached hydrogens (tertiary/aromatic N) is 7. The van der Waals surface area contributed by atoms with Crippen molar-refractivity contribution in [1.29, 1.82) is 0 Å². The second-order valence-electron chi connectivity index (χ2n) is 12.9. The highest BCUT2D eigenvalue weighted by molar-refractivity contribution is 5.81. The highest BCUT2D eigenvalue weighted by atomic mass is 16.5. The van der Waals surface area contributed by atoms with Crippen LogP contribution >= 0.6 is 0 Å². The molecule has 0 aliphatic rings. The summed E-state index contributed by atoms with van der Waals surface area (Å²) in [5.74, 6) is 2.28. The Morgan fingerprint density at radius 3 is 1.83 bits per heavy atom. The maximum atomic E-state index is 5.38. The molecule has 8 heteroatoms. The first-order valence-corrected chi connectivity index (χ1v) is 17.7. The highest BCUT2D eigenvalue weighted by Crippen LogP contribution is 2.43. The fourth-order valence-electron chi connectivity index (χ4n) is 7.24. The minimum absolute atomic E-state index is 0.571. The molecule has 0 saturated carbocycles. The summed E-state index contributed by atoms with van der Waals surface area (Å²) in [5.41, 5.74) is 8.28. The molecule has 0 unspecified atom stereocenters. The van der Waals surface area contributed by atoms with E-state index in [0.29, 0.717) is 23.9 Å². The van der Waals surface area contributed by atoms with E-state index in [0.717, 1.165) is 64.0 Å². The van der Waals surface area contributed by atoms with Gasteiger partial charge in [-0.05, 0) is 56.3 Å². The number of ether oxygens (including phenoxy) is 1. The van der Waals surface area contributed by atoms with Crippen LogP contribution in [0.3, 0.4) is 0 Å². The zero-order valence-corrected chi connectivity index (χ0v) is 29.3. The van der Waals surface area contributed by atoms with Crippen molar-refractivity contribution in [3.05, 3.63) is 180 Å². The van der Waals surface area contributed by atoms with Crippen LogP contribution in [-0.4, -0.2) is 41.9 Å². The van der Waals surface area contributed by atoms with Gasteiger partial charge in [-0.25, -0.2) is 9.67 Å². The first-order chi connectivity index (χ1) is 25.7. The smallest absolute Gasteiger partial charge is 0.215 e. The van der Waals surface area contributed by atoms with Crippen molar-refractivity contribution in [2.45, 2.75) is 38.3 Å². The zero-order chi connectivity index (χ0) is 35.3. The molecule has 0 atom stereocenters. The molecule has 8 nitrogen and oxygen atoms in total. The van der Waals surface area contributed by atoms with Crippen LogP contribution in [0.4, 0.5) is 0 Å². The lowest BCUT2D eigenvalue weighted by atomic mass is 9.77. The van der Waals surface area contributed by atoms with Gasteiger partial charge in [-0.2, -0.15) is 4.98 Å². The van der Waals surface area contributed by atoms with E-state index in [2.05, 4.69) is 143 Å². The molecule has 0 N–H and O–H groups in total. The number of hydrogen-bond acceptors (Lipinski definition) is 6. The van der Waals surface area contributed by atoms with Crippen LogP contribution in [0.2, 0.25) is 0 Å². The predicted octanol–water partition coefficient (Wildman–Crippen LogP) is 8.99. The van der Waals surface area contributed by atoms with Crippen LogP contribution in [0.25, 0.3) is 33.7 Å². The lowest BCUT2D eigenvalue weighted by Gasteiger charge is -2.36. The maximum absolute atomic E-state index is 5.38. The molecule has 0 bridgehead atoms. The van der Waals surface area contributed by atoms with Gasteiger partial charge in [0.25, 0.3) is 0 Å². The predicted molar refractivity (Wildman–Crippen MR) is 205 cm³/mol. The number of imidazole rings is 1. The minimum atomic E-state index is -0.846. The topological polar surface area (TPSA) is 83.5 Å². The fraction of sp³-hybridized carbons (Fsp3) is 0.159. The summed E-state index contributed by atoms with van der Waals surface area (Å²) in [6.07, 6.45) is 3.06. The summed E-state index contributed by atoms with van der Waals surface area (Å²) in [4.78, 5) is 9.53. The van der Waals surface area contributed by atoms with E-state index in [-0.39, 0.29) is 0 Å². The average molecular weight is 682 g/mol. The van der Waals surface area contributed by atoms with Gasteiger partial charge in [-0.15, -0.1) is 5.10 Å². The molecule has 0 aliphatic carbocycles. The van der Waals surface area contributed by atoms with Gasteiger partial charge in [0.15, 0.2) is 11.5 Å². The molecule has 8 aromatic rings. The Hall–Kier alpha value is -6.41. The molecule has 0 aliphatic heterocycles. The number of benzene rings is 5. The van der Waals surface area contributed by atoms with Crippen LogP contribution < -0.4 is 4.74 Å². The molecule has 256 valence electrons. The lowest BCUT2D eigenvalue weighted by Crippen LogP contribution is -2.39. The molecular formula is C44H39N7O. The maximum Gasteiger partial charge on any atom is 0.215 e. The van der Waals surface area contributed by atoms with Gasteiger partial charge in [-0.3, -0.25) is 0 Å². The highest BCUT2D eigenvalue weighted by Gasteiger charge is 2.42. The average Bonchev–Trinajstić information content (AvgIpc) is 3.84. The lowest BCUT2D eigenvalue weighted by molar-refractivity contribution is 0.399. The van der Waals surface area contributed by atoms with Crippen LogP contribution in [0.1, 0.15) is 47.8 Å². The Morgan fingerprint density at radius 2 is 1.23 bits per heavy atom. The van der Waals surface area contributed by atoms with E-state index >= 15 is 0 Å². The third kappa shape index (κ3) is 5.92. The summed E-state index contributed by atoms with van der Waals surface area (Å²) in [6, 6.07) is 52.6. The third-order valence-corrected chi connectivity index (χ3v) is 9.76. The van der Waals surface area contributed by atoms with Crippen molar-refractivity contribution in [1.82, 2.24) is 34.7 Å². The van der Waals surface area contributed by atoms with Crippen molar-refractivity contribution in [2.24, 2.45) is 0 Å². The number of hydrogen-bond donors (Lipinski definition) is 0. The largest absolute Gasteiger partial charge is 0.481 e. The standard InChI is InChI=1S/C44H39N7O/c1-3-4-24-40-45-42-39(29-30-41(46-42)52-2)50(40)31-32-25-27-33(28-26-32)37-22-14-15-23-38(37)43-47-48-49-51(43)44(34-16-8-5-9-17-34,35-18-10-6-11-19-35)36-20-12-7-13-21-36/h5-23,25-30H,3-4,24,31H2,1-2H3. The molecule has 8 rings (SSSR count). The summed E-state index contributed by atoms with van der Waals surface area (Å²) < 4.78 is 9.66. The van der Waals surface area contributed by atoms with Gasteiger partial charge in [0.05, 0.1) is 12.6 Å². The molecular weight excluding hydrogens is 643 g/mol. The summed E-state index contributed by atoms with van der Waals surface area (Å²) in [6.45, 7) is 2.89. The van der Waals surface area contributed by atoms with E-state index in [1.807, 2.05) is 35.0 Å². The second kappa shape index (κ2) is 14.4. The van der Waals surface area contributed by atoms with E-state index < -0.39 is 5.54 Å². The Labute approximate surface area is 303 Å². The van der Waals surface area contributed by atoms with E-state index in [9.17, 15) is 0 Å². The molecule has 0 fully saturated rings. The number of aryl methyl sites for hydroxylation is 1. The van der Waals surface area contributed by atoms with Crippen LogP contribution in [0.15, 0.2) is 152 Å². The number of rotatable bonds is 12. The number of pyridine rings is 1. The number of methoxy groups -OCH3 is 1. The van der Waals surface area contributed by atoms with Gasteiger partial charge in [0.2, 0.25) is 5.88 Å². The molecule has 0 radical (unpaired) electrons. The molecule has 52 heavy (non-hydrogen) atoms. The van der Waals surface area contributed by atoms with Crippen LogP contribution in [0, 0.1) is 0 Å². The number of aromatic nitrogens is 7. The van der Waals surface area contributed by atoms with E-state index in [4.69, 9.17) is 20.0 Å². The molecule has 5 aromatic carbocycles. The number of tetrazole rings is 1. The Morgan fingerprint density at radius 1 is 0.635 bits per heavy atom. The summed E-state index contributed by atoms with van der Waals surface area (Å²) in [7, 11) is 1.63. The molecule has 3 aromatic heterocycles. The SMILES string of the molecule is CCCCc1nc2nc(OC)ccc2n1Cc1ccc(-c2ccccc2-c2nnnn2C(c2ccccc2)(c2ccccc2)c2ccccc2)cc1. The van der Waals surface area contributed by atoms with Crippen LogP contribution in [-0.2, 0) is 18.5 Å². The van der Waals surface area contributed by atoms with Crippen molar-refractivity contribution < 1.29 is 4.74 Å². The van der Waals surface area contributed by atoms with Crippen molar-refractivity contribution in [2.75, 3.05) is 7.11 Å². The van der Waals surface area contributed by atoms with Gasteiger partial charge < -0.3 is 9.30 Å². The second-order valence-corrected chi connectivity index (χ2v) is 12.9. The van der Waals surface area contributed by atoms with Crippen molar-refractivity contribution in [3.63, 3.8) is 0 Å². The molecule has 3 heterocycles. The van der Waals surface area contributed by atoms with E-state index in [1.165, 1.54) is 5.56 Å². The van der Waals surface area contributed by atoms with Crippen LogP contribution in [0.5, 0.6) is 5.88 Å². The van der Waals surface area contributed by atoms with Gasteiger partial charge >= 0.3 is 0 Å². The Kier molecular flexibility index (Phi) is 9.10. The summed E-state index contributed by atoms with van der Waals surface area (Å²) >= 11 is 0. The van der Waals surface area contributed by atoms with Gasteiger partial charge in [0.1, 0.15) is 11.4 Å². The van der Waals surface area contributed by atoms with Crippen molar-refractivity contribution in [3.8, 4) is 28.4 Å². The van der Waals surface area contributed by atoms with Gasteiger partial charge in [0, 0.05) is 24.6 Å². The zero-order valence-electron chi connectivity index (χ0n) is 29.3. The first kappa shape index (κ1) is 32.8. The van der Waals surface area contributed by atoms with Crippen molar-refractivity contribution >= 4 is 11.2 Å². The Bertz CT molecular complexity index is 2310. The van der Waals surface area contributed by atoms with E-state index in [1.54, 1.807) is 7.11 Å². The Balaban J connectivity index is 1.22. The molecule has 0 amide bonds. The third-order valence-electron chi connectivity index (χ3n) is 9.76. The number of fused-ring (bicyclic) bond motifs is 1. The normalized spacial score (nSPS) is 11.6. The minimum Gasteiger partial charge on any atom is -0.481 e. The fourth-order valence-corrected chi connectivity index (χ4v) is 7.24. The number of unbranched alkanes of at least 4 members (excludes halogenated alkanes) is 1. The first-order valence-electron chi connectivity index (χ1n) is 17.7. The molecule has 0 spiro atoms. The monoisotopic (exact) mass is 681 g/mol. The summed E-state index contributed by atoms with van der Waals surface area (Å²) in [5, 5.41) is 13.9. The quantitative estimate of drug-likeness (QED) is 0.120. The molecule has 0 saturated heterocycles. The van der Waals surface area contributed by atoms with Gasteiger partial charge in [-0.1, -0.05) is 153 Å².